The molecule has 3 amide bonds. The largest absolute Gasteiger partial charge is 0.497 e. The average molecular weight is 628 g/mol. The number of amides is 3. The highest BCUT2D eigenvalue weighted by Crippen LogP contribution is 2.34. The van der Waals surface area contributed by atoms with Crippen LogP contribution in [-0.2, 0) is 44.9 Å². The Hall–Kier alpha value is -4.86. The number of ether oxygens (including phenoxy) is 2. The molecule has 0 aliphatic carbocycles. The third-order valence-corrected chi connectivity index (χ3v) is 8.38. The van der Waals surface area contributed by atoms with Crippen molar-refractivity contribution in [2.24, 2.45) is 0 Å². The number of carbonyl (C=O) groups is 4. The van der Waals surface area contributed by atoms with Crippen LogP contribution >= 0.6 is 0 Å². The van der Waals surface area contributed by atoms with E-state index in [9.17, 15) is 24.3 Å². The zero-order valence-corrected chi connectivity index (χ0v) is 26.8. The van der Waals surface area contributed by atoms with Crippen LogP contribution in [0.3, 0.4) is 0 Å². The van der Waals surface area contributed by atoms with Gasteiger partial charge in [0.15, 0.2) is 0 Å². The first-order valence-corrected chi connectivity index (χ1v) is 15.5. The highest BCUT2D eigenvalue weighted by Gasteiger charge is 2.43. The number of fused-ring (bicyclic) bond motifs is 2. The fraction of sp³-hybridized carbons (Fsp3) is 0.389. The van der Waals surface area contributed by atoms with E-state index < -0.39 is 29.7 Å². The molecular weight excluding hydrogens is 586 g/mol. The van der Waals surface area contributed by atoms with Gasteiger partial charge in [-0.15, -0.1) is 0 Å². The zero-order chi connectivity index (χ0) is 33.0. The molecule has 46 heavy (non-hydrogen) atoms. The number of carboxylic acids is 1. The maximum absolute atomic E-state index is 14.5. The molecule has 0 saturated heterocycles. The molecule has 2 aliphatic heterocycles. The highest BCUT2D eigenvalue weighted by atomic mass is 16.6. The Bertz CT molecular complexity index is 1610. The number of carbonyl (C=O) groups excluding carboxylic acids is 3. The number of hydrogen-bond donors (Lipinski definition) is 1. The van der Waals surface area contributed by atoms with E-state index in [0.717, 1.165) is 22.3 Å². The Balaban J connectivity index is 1.45. The minimum Gasteiger partial charge on any atom is -0.497 e. The number of methoxy groups -OCH3 is 1. The van der Waals surface area contributed by atoms with Gasteiger partial charge in [-0.2, -0.15) is 0 Å². The standard InChI is InChI=1S/C36H41N3O7/c1-36(2,3)46-35(44)39-30-15-8-7-12-26(30)20-31(39)34(43)37(17-16-24-10-9-14-29(18-24)45-4)23-32(40)38-22-27-13-6-5-11-25(27)19-28(38)21-33(41)42/h5-15,18,28,31H,16-17,19-23H2,1-4H3,(H,41,42)/t28?,31-/m1/s1. The molecule has 0 spiro atoms. The van der Waals surface area contributed by atoms with E-state index >= 15 is 0 Å². The van der Waals surface area contributed by atoms with Crippen LogP contribution in [0.15, 0.2) is 72.8 Å². The van der Waals surface area contributed by atoms with Crippen LogP contribution in [0.4, 0.5) is 10.5 Å². The molecule has 1 N–H and O–H groups in total. The molecule has 0 radical (unpaired) electrons. The molecule has 5 rings (SSSR count). The van der Waals surface area contributed by atoms with Gasteiger partial charge in [-0.3, -0.25) is 19.3 Å². The Kier molecular flexibility index (Phi) is 9.65. The van der Waals surface area contributed by atoms with Gasteiger partial charge >= 0.3 is 12.1 Å². The summed E-state index contributed by atoms with van der Waals surface area (Å²) in [5, 5.41) is 9.67. The molecule has 0 fully saturated rings. The van der Waals surface area contributed by atoms with E-state index in [1.807, 2.05) is 66.7 Å². The van der Waals surface area contributed by atoms with Gasteiger partial charge < -0.3 is 24.4 Å². The van der Waals surface area contributed by atoms with Crippen molar-refractivity contribution in [3.05, 3.63) is 95.1 Å². The van der Waals surface area contributed by atoms with Crippen molar-refractivity contribution < 1.29 is 33.8 Å². The SMILES string of the molecule is COc1cccc(CCN(CC(=O)N2Cc3ccccc3CC2CC(=O)O)C(=O)[C@H]2Cc3ccccc3N2C(=O)OC(C)(C)C)c1. The van der Waals surface area contributed by atoms with Gasteiger partial charge in [-0.25, -0.2) is 4.79 Å². The van der Waals surface area contributed by atoms with Crippen LogP contribution in [0.5, 0.6) is 5.75 Å². The number of benzene rings is 3. The molecule has 0 saturated carbocycles. The van der Waals surface area contributed by atoms with E-state index in [0.29, 0.717) is 24.3 Å². The monoisotopic (exact) mass is 627 g/mol. The molecule has 242 valence electrons. The van der Waals surface area contributed by atoms with Gasteiger partial charge in [0.05, 0.1) is 25.8 Å². The number of hydrogen-bond acceptors (Lipinski definition) is 6. The lowest BCUT2D eigenvalue weighted by atomic mass is 9.92. The molecule has 2 aliphatic rings. The van der Waals surface area contributed by atoms with Crippen molar-refractivity contribution in [1.82, 2.24) is 9.80 Å². The van der Waals surface area contributed by atoms with Crippen molar-refractivity contribution in [3.8, 4) is 5.75 Å². The minimum atomic E-state index is -0.995. The Labute approximate surface area is 269 Å². The first-order valence-electron chi connectivity index (χ1n) is 15.5. The molecule has 2 atom stereocenters. The van der Waals surface area contributed by atoms with E-state index in [-0.39, 0.29) is 44.3 Å². The molecule has 3 aromatic carbocycles. The number of nitrogens with zero attached hydrogens (tertiary/aromatic N) is 3. The summed E-state index contributed by atoms with van der Waals surface area (Å²) in [6, 6.07) is 21.1. The number of para-hydroxylation sites is 1. The van der Waals surface area contributed by atoms with Crippen LogP contribution < -0.4 is 9.64 Å². The first kappa shape index (κ1) is 32.5. The lowest BCUT2D eigenvalue weighted by Gasteiger charge is -2.38. The summed E-state index contributed by atoms with van der Waals surface area (Å²) < 4.78 is 11.1. The smallest absolute Gasteiger partial charge is 0.415 e. The summed E-state index contributed by atoms with van der Waals surface area (Å²) in [4.78, 5) is 58.4. The summed E-state index contributed by atoms with van der Waals surface area (Å²) in [5.74, 6) is -1.05. The summed E-state index contributed by atoms with van der Waals surface area (Å²) in [5.41, 5.74) is 3.53. The van der Waals surface area contributed by atoms with Crippen molar-refractivity contribution in [2.75, 3.05) is 25.1 Å². The predicted octanol–water partition coefficient (Wildman–Crippen LogP) is 4.86. The second-order valence-corrected chi connectivity index (χ2v) is 12.8. The number of anilines is 1. The summed E-state index contributed by atoms with van der Waals surface area (Å²) >= 11 is 0. The van der Waals surface area contributed by atoms with E-state index in [2.05, 4.69) is 0 Å². The quantitative estimate of drug-likeness (QED) is 0.360. The third-order valence-electron chi connectivity index (χ3n) is 8.38. The van der Waals surface area contributed by atoms with Gasteiger partial charge in [-0.1, -0.05) is 54.6 Å². The summed E-state index contributed by atoms with van der Waals surface area (Å²) in [6.45, 7) is 5.49. The maximum Gasteiger partial charge on any atom is 0.415 e. The van der Waals surface area contributed by atoms with Crippen LogP contribution in [-0.4, -0.2) is 76.7 Å². The average Bonchev–Trinajstić information content (AvgIpc) is 3.41. The number of rotatable bonds is 9. The van der Waals surface area contributed by atoms with E-state index in [1.54, 1.807) is 38.8 Å². The molecule has 10 heteroatoms. The van der Waals surface area contributed by atoms with Crippen LogP contribution in [0.25, 0.3) is 0 Å². The van der Waals surface area contributed by atoms with Gasteiger partial charge in [0, 0.05) is 25.6 Å². The van der Waals surface area contributed by atoms with E-state index in [1.165, 1.54) is 9.80 Å². The number of carboxylic acid groups (broad SMARTS) is 1. The fourth-order valence-electron chi connectivity index (χ4n) is 6.21. The normalized spacial score (nSPS) is 17.1. The topological polar surface area (TPSA) is 117 Å². The predicted molar refractivity (Wildman–Crippen MR) is 173 cm³/mol. The molecule has 10 nitrogen and oxygen atoms in total. The van der Waals surface area contributed by atoms with Gasteiger partial charge in [-0.05, 0) is 74.1 Å². The van der Waals surface area contributed by atoms with Crippen LogP contribution in [0.1, 0.15) is 49.4 Å². The Morgan fingerprint density at radius 1 is 0.913 bits per heavy atom. The van der Waals surface area contributed by atoms with Crippen molar-refractivity contribution >= 4 is 29.6 Å². The summed E-state index contributed by atoms with van der Waals surface area (Å²) in [7, 11) is 1.58. The zero-order valence-electron chi connectivity index (χ0n) is 26.8. The maximum atomic E-state index is 14.5. The van der Waals surface area contributed by atoms with Crippen LogP contribution in [0.2, 0.25) is 0 Å². The molecule has 0 aromatic heterocycles. The van der Waals surface area contributed by atoms with Gasteiger partial charge in [0.2, 0.25) is 11.8 Å². The Morgan fingerprint density at radius 3 is 2.30 bits per heavy atom. The minimum absolute atomic E-state index is 0.195. The number of aliphatic carboxylic acids is 1. The molecule has 2 heterocycles. The lowest BCUT2D eigenvalue weighted by Crippen LogP contribution is -2.55. The lowest BCUT2D eigenvalue weighted by molar-refractivity contribution is -0.145. The molecule has 0 bridgehead atoms. The third kappa shape index (κ3) is 7.50. The van der Waals surface area contributed by atoms with E-state index in [4.69, 9.17) is 9.47 Å². The van der Waals surface area contributed by atoms with Gasteiger partial charge in [0.1, 0.15) is 17.4 Å². The second-order valence-electron chi connectivity index (χ2n) is 12.8. The Morgan fingerprint density at radius 2 is 1.61 bits per heavy atom. The molecular formula is C36H41N3O7. The summed E-state index contributed by atoms with van der Waals surface area (Å²) in [6.07, 6.45) is 0.281. The van der Waals surface area contributed by atoms with Gasteiger partial charge in [0.25, 0.3) is 0 Å². The van der Waals surface area contributed by atoms with Crippen molar-refractivity contribution in [2.45, 2.75) is 70.7 Å². The first-order chi connectivity index (χ1) is 21.9. The fourth-order valence-corrected chi connectivity index (χ4v) is 6.21. The van der Waals surface area contributed by atoms with Crippen molar-refractivity contribution in [1.29, 1.82) is 0 Å². The van der Waals surface area contributed by atoms with Crippen LogP contribution in [0, 0.1) is 0 Å². The van der Waals surface area contributed by atoms with Crippen molar-refractivity contribution in [3.63, 3.8) is 0 Å². The highest BCUT2D eigenvalue weighted by molar-refractivity contribution is 6.01. The second kappa shape index (κ2) is 13.6. The molecule has 3 aromatic rings. The molecule has 1 unspecified atom stereocenters.